The molecule has 0 amide bonds. The maximum atomic E-state index is 13.0. The topological polar surface area (TPSA) is 49.4 Å². The summed E-state index contributed by atoms with van der Waals surface area (Å²) in [6.45, 7) is 2.77. The Morgan fingerprint density at radius 1 is 0.966 bits per heavy atom. The largest absolute Gasteiger partial charge is 0.417 e. The lowest BCUT2D eigenvalue weighted by Crippen LogP contribution is -2.32. The van der Waals surface area contributed by atoms with Gasteiger partial charge >= 0.3 is 6.18 Å². The molecule has 0 saturated heterocycles. The SMILES string of the molecule is Cl.O=S(=O)(NCCCCN1CCc2ccccc2C1)c1ccccc1C(F)(F)F. The van der Waals surface area contributed by atoms with Crippen LogP contribution in [0.4, 0.5) is 13.2 Å². The van der Waals surface area contributed by atoms with E-state index < -0.39 is 26.7 Å². The van der Waals surface area contributed by atoms with Crippen LogP contribution >= 0.6 is 12.4 Å². The van der Waals surface area contributed by atoms with E-state index in [0.717, 1.165) is 44.6 Å². The average molecular weight is 449 g/mol. The fourth-order valence-electron chi connectivity index (χ4n) is 3.42. The molecule has 0 spiro atoms. The highest BCUT2D eigenvalue weighted by atomic mass is 35.5. The zero-order valence-corrected chi connectivity index (χ0v) is 17.4. The Balaban J connectivity index is 0.00000300. The maximum Gasteiger partial charge on any atom is 0.417 e. The van der Waals surface area contributed by atoms with Crippen LogP contribution in [-0.2, 0) is 29.2 Å². The third-order valence-corrected chi connectivity index (χ3v) is 6.40. The fraction of sp³-hybridized carbons (Fsp3) is 0.400. The maximum absolute atomic E-state index is 13.0. The van der Waals surface area contributed by atoms with Crippen LogP contribution in [0.15, 0.2) is 53.4 Å². The molecule has 0 aromatic heterocycles. The van der Waals surface area contributed by atoms with Gasteiger partial charge in [0.05, 0.1) is 10.5 Å². The molecule has 4 nitrogen and oxygen atoms in total. The second-order valence-electron chi connectivity index (χ2n) is 6.89. The molecular weight excluding hydrogens is 425 g/mol. The van der Waals surface area contributed by atoms with Crippen LogP contribution < -0.4 is 4.72 Å². The van der Waals surface area contributed by atoms with Crippen LogP contribution in [0.1, 0.15) is 29.5 Å². The minimum absolute atomic E-state index is 0. The molecule has 9 heteroatoms. The molecule has 3 rings (SSSR count). The molecule has 0 fully saturated rings. The van der Waals surface area contributed by atoms with Gasteiger partial charge in [0.15, 0.2) is 0 Å². The van der Waals surface area contributed by atoms with Gasteiger partial charge in [0, 0.05) is 19.6 Å². The number of nitrogens with zero attached hydrogens (tertiary/aromatic N) is 1. The third-order valence-electron chi connectivity index (χ3n) is 4.88. The van der Waals surface area contributed by atoms with E-state index >= 15 is 0 Å². The van der Waals surface area contributed by atoms with Crippen LogP contribution in [0.3, 0.4) is 0 Å². The van der Waals surface area contributed by atoms with Gasteiger partial charge in [-0.1, -0.05) is 36.4 Å². The van der Waals surface area contributed by atoms with Gasteiger partial charge in [-0.25, -0.2) is 13.1 Å². The molecule has 0 atom stereocenters. The van der Waals surface area contributed by atoms with Gasteiger partial charge in [-0.05, 0) is 49.1 Å². The fourth-order valence-corrected chi connectivity index (χ4v) is 4.72. The molecule has 1 aliphatic rings. The van der Waals surface area contributed by atoms with E-state index in [2.05, 4.69) is 21.8 Å². The van der Waals surface area contributed by atoms with Crippen molar-refractivity contribution >= 4 is 22.4 Å². The summed E-state index contributed by atoms with van der Waals surface area (Å²) < 4.78 is 66.0. The Morgan fingerprint density at radius 2 is 1.62 bits per heavy atom. The standard InChI is InChI=1S/C20H23F3N2O2S.ClH/c21-20(22,23)18-9-3-4-10-19(18)28(26,27)24-12-5-6-13-25-14-11-16-7-1-2-8-17(16)15-25;/h1-4,7-10,24H,5-6,11-15H2;1H. The number of alkyl halides is 3. The van der Waals surface area contributed by atoms with Crippen molar-refractivity contribution in [2.24, 2.45) is 0 Å². The Bertz CT molecular complexity index is 920. The van der Waals surface area contributed by atoms with E-state index in [-0.39, 0.29) is 19.0 Å². The van der Waals surface area contributed by atoms with E-state index in [9.17, 15) is 21.6 Å². The monoisotopic (exact) mass is 448 g/mol. The Hall–Kier alpha value is -1.61. The van der Waals surface area contributed by atoms with Gasteiger partial charge in [0.25, 0.3) is 0 Å². The highest BCUT2D eigenvalue weighted by Crippen LogP contribution is 2.33. The van der Waals surface area contributed by atoms with E-state index in [0.29, 0.717) is 6.42 Å². The first-order valence-electron chi connectivity index (χ1n) is 9.22. The summed E-state index contributed by atoms with van der Waals surface area (Å²) in [7, 11) is -4.20. The van der Waals surface area contributed by atoms with Gasteiger partial charge < -0.3 is 0 Å². The first-order valence-corrected chi connectivity index (χ1v) is 10.7. The lowest BCUT2D eigenvalue weighted by Gasteiger charge is -2.28. The molecule has 0 unspecified atom stereocenters. The summed E-state index contributed by atoms with van der Waals surface area (Å²) in [5.41, 5.74) is 1.54. The molecule has 0 radical (unpaired) electrons. The predicted octanol–water partition coefficient (Wildman–Crippen LogP) is 4.24. The zero-order valence-electron chi connectivity index (χ0n) is 15.8. The summed E-state index contributed by atoms with van der Waals surface area (Å²) in [5, 5.41) is 0. The van der Waals surface area contributed by atoms with Crippen molar-refractivity contribution in [3.8, 4) is 0 Å². The average Bonchev–Trinajstić information content (AvgIpc) is 2.67. The number of rotatable bonds is 7. The van der Waals surface area contributed by atoms with E-state index in [1.807, 2.05) is 12.1 Å². The number of halogens is 4. The number of nitrogens with one attached hydrogen (secondary N) is 1. The molecule has 1 heterocycles. The van der Waals surface area contributed by atoms with Gasteiger partial charge in [0.1, 0.15) is 0 Å². The van der Waals surface area contributed by atoms with Crippen molar-refractivity contribution in [3.05, 3.63) is 65.2 Å². The second-order valence-corrected chi connectivity index (χ2v) is 8.63. The number of fused-ring (bicyclic) bond motifs is 1. The molecular formula is C20H24ClF3N2O2S. The zero-order chi connectivity index (χ0) is 20.2. The minimum atomic E-state index is -4.71. The van der Waals surface area contributed by atoms with Crippen molar-refractivity contribution in [2.75, 3.05) is 19.6 Å². The molecule has 29 heavy (non-hydrogen) atoms. The van der Waals surface area contributed by atoms with Crippen molar-refractivity contribution in [3.63, 3.8) is 0 Å². The lowest BCUT2D eigenvalue weighted by atomic mass is 10.00. The summed E-state index contributed by atoms with van der Waals surface area (Å²) >= 11 is 0. The number of benzene rings is 2. The second kappa shape index (κ2) is 9.93. The number of sulfonamides is 1. The molecule has 2 aromatic carbocycles. The van der Waals surface area contributed by atoms with Crippen LogP contribution in [0, 0.1) is 0 Å². The highest BCUT2D eigenvalue weighted by Gasteiger charge is 2.36. The Labute approximate surface area is 175 Å². The summed E-state index contributed by atoms with van der Waals surface area (Å²) in [4.78, 5) is 1.59. The molecule has 1 N–H and O–H groups in total. The first kappa shape index (κ1) is 23.7. The van der Waals surface area contributed by atoms with E-state index in [4.69, 9.17) is 0 Å². The van der Waals surface area contributed by atoms with E-state index in [1.165, 1.54) is 23.3 Å². The normalized spacial score (nSPS) is 14.9. The van der Waals surface area contributed by atoms with Crippen LogP contribution in [0.25, 0.3) is 0 Å². The molecule has 0 saturated carbocycles. The van der Waals surface area contributed by atoms with Gasteiger partial charge in [-0.3, -0.25) is 4.90 Å². The number of hydrogen-bond acceptors (Lipinski definition) is 3. The highest BCUT2D eigenvalue weighted by molar-refractivity contribution is 7.89. The van der Waals surface area contributed by atoms with Crippen LogP contribution in [0.2, 0.25) is 0 Å². The smallest absolute Gasteiger partial charge is 0.299 e. The van der Waals surface area contributed by atoms with Crippen LogP contribution in [-0.4, -0.2) is 33.0 Å². The van der Waals surface area contributed by atoms with Gasteiger partial charge in [-0.2, -0.15) is 13.2 Å². The molecule has 1 aliphatic heterocycles. The number of unbranched alkanes of at least 4 members (excludes halogenated alkanes) is 1. The molecule has 0 aliphatic carbocycles. The van der Waals surface area contributed by atoms with Crippen molar-refractivity contribution < 1.29 is 21.6 Å². The molecule has 0 bridgehead atoms. The summed E-state index contributed by atoms with van der Waals surface area (Å²) in [6.07, 6.45) is -2.38. The number of hydrogen-bond donors (Lipinski definition) is 1. The quantitative estimate of drug-likeness (QED) is 0.644. The van der Waals surface area contributed by atoms with Crippen molar-refractivity contribution in [1.82, 2.24) is 9.62 Å². The third kappa shape index (κ3) is 6.18. The van der Waals surface area contributed by atoms with Crippen LogP contribution in [0.5, 0.6) is 0 Å². The summed E-state index contributed by atoms with van der Waals surface area (Å²) in [5.74, 6) is 0. The van der Waals surface area contributed by atoms with Gasteiger partial charge in [0.2, 0.25) is 10.0 Å². The first-order chi connectivity index (χ1) is 13.3. The summed E-state index contributed by atoms with van der Waals surface area (Å²) in [6, 6.07) is 12.6. The Kier molecular flexibility index (Phi) is 8.10. The Morgan fingerprint density at radius 3 is 2.34 bits per heavy atom. The lowest BCUT2D eigenvalue weighted by molar-refractivity contribution is -0.139. The predicted molar refractivity (Wildman–Crippen MR) is 109 cm³/mol. The molecule has 160 valence electrons. The van der Waals surface area contributed by atoms with E-state index in [1.54, 1.807) is 0 Å². The minimum Gasteiger partial charge on any atom is -0.299 e. The van der Waals surface area contributed by atoms with Gasteiger partial charge in [-0.15, -0.1) is 12.4 Å². The van der Waals surface area contributed by atoms with Crippen molar-refractivity contribution in [2.45, 2.75) is 36.9 Å². The van der Waals surface area contributed by atoms with Crippen molar-refractivity contribution in [1.29, 1.82) is 0 Å². The molecule has 2 aromatic rings.